The lowest BCUT2D eigenvalue weighted by atomic mass is 10.2. The molecule has 0 unspecified atom stereocenters. The molecule has 0 aliphatic heterocycles. The molecule has 0 spiro atoms. The fraction of sp³-hybridized carbons (Fsp3) is 0.214. The summed E-state index contributed by atoms with van der Waals surface area (Å²) in [5.74, 6) is -0.731. The highest BCUT2D eigenvalue weighted by Gasteiger charge is 2.12. The van der Waals surface area contributed by atoms with E-state index in [1.807, 2.05) is 24.3 Å². The van der Waals surface area contributed by atoms with E-state index in [0.717, 1.165) is 10.2 Å². The largest absolute Gasteiger partial charge is 0.512 e. The Labute approximate surface area is 120 Å². The van der Waals surface area contributed by atoms with Crippen LogP contribution >= 0.6 is 11.3 Å². The maximum absolute atomic E-state index is 11.6. The fourth-order valence-corrected chi connectivity index (χ4v) is 2.35. The molecule has 20 heavy (non-hydrogen) atoms. The van der Waals surface area contributed by atoms with E-state index in [1.54, 1.807) is 6.92 Å². The summed E-state index contributed by atoms with van der Waals surface area (Å²) in [6, 6.07) is 7.67. The fourth-order valence-electron chi connectivity index (χ4n) is 1.54. The van der Waals surface area contributed by atoms with Crippen LogP contribution in [0.4, 0.5) is 5.13 Å². The van der Waals surface area contributed by atoms with E-state index >= 15 is 0 Å². The topological polar surface area (TPSA) is 71.8 Å². The highest BCUT2D eigenvalue weighted by Crippen LogP contribution is 2.27. The summed E-state index contributed by atoms with van der Waals surface area (Å²) >= 11 is 1.41. The Balaban J connectivity index is 2.26. The predicted molar refractivity (Wildman–Crippen MR) is 79.7 cm³/mol. The number of aliphatic imine (C=N–C) groups is 1. The number of allylic oxidation sites excluding steroid dienone is 1. The van der Waals surface area contributed by atoms with E-state index in [1.165, 1.54) is 24.5 Å². The van der Waals surface area contributed by atoms with Gasteiger partial charge in [-0.25, -0.2) is 14.8 Å². The lowest BCUT2D eigenvalue weighted by Gasteiger charge is -2.02. The van der Waals surface area contributed by atoms with E-state index < -0.39 is 5.97 Å². The van der Waals surface area contributed by atoms with Crippen molar-refractivity contribution >= 4 is 38.9 Å². The van der Waals surface area contributed by atoms with Crippen molar-refractivity contribution in [2.45, 2.75) is 13.8 Å². The third kappa shape index (κ3) is 3.21. The molecule has 0 bridgehead atoms. The number of para-hydroxylation sites is 1. The number of ether oxygens (including phenoxy) is 1. The molecule has 1 aromatic heterocycles. The first-order valence-electron chi connectivity index (χ1n) is 6.08. The van der Waals surface area contributed by atoms with Crippen LogP contribution in [-0.4, -0.2) is 28.9 Å². The molecule has 1 heterocycles. The number of nitrogens with zero attached hydrogens (tertiary/aromatic N) is 2. The van der Waals surface area contributed by atoms with Gasteiger partial charge in [0.25, 0.3) is 0 Å². The molecule has 104 valence electrons. The lowest BCUT2D eigenvalue weighted by Crippen LogP contribution is -2.10. The monoisotopic (exact) mass is 290 g/mol. The summed E-state index contributed by atoms with van der Waals surface area (Å²) in [5.41, 5.74) is 0.887. The Hall–Kier alpha value is -2.21. The normalized spacial score (nSPS) is 12.7. The highest BCUT2D eigenvalue weighted by atomic mass is 32.1. The van der Waals surface area contributed by atoms with Crippen molar-refractivity contribution in [2.24, 2.45) is 4.99 Å². The molecule has 0 fully saturated rings. The standard InChI is InChI=1S/C14H14N2O3S/c1-3-19-13(18)10(9(2)17)8-15-14-16-11-6-4-5-7-12(11)20-14/h4-8,17H,3H2,1-2H3/b10-9-,15-8-. The number of aromatic nitrogens is 1. The minimum absolute atomic E-state index is 0.0334. The summed E-state index contributed by atoms with van der Waals surface area (Å²) in [6.45, 7) is 3.36. The van der Waals surface area contributed by atoms with Crippen LogP contribution < -0.4 is 0 Å². The first-order valence-corrected chi connectivity index (χ1v) is 6.90. The Kier molecular flexibility index (Phi) is 4.47. The van der Waals surface area contributed by atoms with Gasteiger partial charge in [0.05, 0.1) is 16.8 Å². The van der Waals surface area contributed by atoms with Crippen LogP contribution in [0, 0.1) is 0 Å². The second-order valence-electron chi connectivity index (χ2n) is 3.94. The Morgan fingerprint density at radius 1 is 1.50 bits per heavy atom. The Bertz CT molecular complexity index is 652. The van der Waals surface area contributed by atoms with Crippen molar-refractivity contribution in [1.82, 2.24) is 4.98 Å². The van der Waals surface area contributed by atoms with Gasteiger partial charge < -0.3 is 9.84 Å². The molecule has 0 saturated heterocycles. The zero-order chi connectivity index (χ0) is 14.5. The molecule has 5 nitrogen and oxygen atoms in total. The summed E-state index contributed by atoms with van der Waals surface area (Å²) in [6.07, 6.45) is 1.28. The summed E-state index contributed by atoms with van der Waals surface area (Å²) in [5, 5.41) is 10.0. The van der Waals surface area contributed by atoms with Crippen molar-refractivity contribution in [1.29, 1.82) is 0 Å². The first-order chi connectivity index (χ1) is 9.61. The van der Waals surface area contributed by atoms with Crippen LogP contribution in [0.2, 0.25) is 0 Å². The Morgan fingerprint density at radius 3 is 2.90 bits per heavy atom. The number of aliphatic hydroxyl groups is 1. The number of carbonyl (C=O) groups excluding carboxylic acids is 1. The molecule has 0 aliphatic rings. The number of thiazole rings is 1. The SMILES string of the molecule is CCOC(=O)C(/C=N\c1nc2ccccc2s1)=C(/C)O. The molecule has 2 rings (SSSR count). The van der Waals surface area contributed by atoms with Gasteiger partial charge in [-0.15, -0.1) is 0 Å². The van der Waals surface area contributed by atoms with E-state index in [9.17, 15) is 9.90 Å². The van der Waals surface area contributed by atoms with E-state index in [4.69, 9.17) is 4.74 Å². The minimum Gasteiger partial charge on any atom is -0.512 e. The van der Waals surface area contributed by atoms with Crippen LogP contribution in [0.3, 0.4) is 0 Å². The average molecular weight is 290 g/mol. The quantitative estimate of drug-likeness (QED) is 0.405. The molecule has 0 radical (unpaired) electrons. The van der Waals surface area contributed by atoms with E-state index in [2.05, 4.69) is 9.98 Å². The number of hydrogen-bond acceptors (Lipinski definition) is 6. The van der Waals surface area contributed by atoms with Gasteiger partial charge >= 0.3 is 5.97 Å². The van der Waals surface area contributed by atoms with Gasteiger partial charge in [-0.3, -0.25) is 0 Å². The van der Waals surface area contributed by atoms with E-state index in [-0.39, 0.29) is 17.9 Å². The van der Waals surface area contributed by atoms with Crippen LogP contribution in [0.5, 0.6) is 0 Å². The van der Waals surface area contributed by atoms with Crippen molar-refractivity contribution in [2.75, 3.05) is 6.61 Å². The first kappa shape index (κ1) is 14.2. The lowest BCUT2D eigenvalue weighted by molar-refractivity contribution is -0.138. The summed E-state index contributed by atoms with van der Waals surface area (Å²) in [4.78, 5) is 20.1. The number of aliphatic hydroxyl groups excluding tert-OH is 1. The van der Waals surface area contributed by atoms with Crippen molar-refractivity contribution in [3.05, 3.63) is 35.6 Å². The van der Waals surface area contributed by atoms with Crippen molar-refractivity contribution < 1.29 is 14.6 Å². The molecular formula is C14H14N2O3S. The second kappa shape index (κ2) is 6.29. The number of fused-ring (bicyclic) bond motifs is 1. The maximum Gasteiger partial charge on any atom is 0.343 e. The van der Waals surface area contributed by atoms with Gasteiger partial charge in [0.1, 0.15) is 11.3 Å². The highest BCUT2D eigenvalue weighted by molar-refractivity contribution is 7.22. The van der Waals surface area contributed by atoms with Gasteiger partial charge in [0, 0.05) is 6.21 Å². The average Bonchev–Trinajstić information content (AvgIpc) is 2.81. The molecule has 1 N–H and O–H groups in total. The van der Waals surface area contributed by atoms with Crippen LogP contribution in [0.25, 0.3) is 10.2 Å². The zero-order valence-corrected chi connectivity index (χ0v) is 12.0. The second-order valence-corrected chi connectivity index (χ2v) is 4.95. The number of esters is 1. The van der Waals surface area contributed by atoms with Crippen LogP contribution in [-0.2, 0) is 9.53 Å². The molecule has 6 heteroatoms. The molecule has 0 aliphatic carbocycles. The molecule has 2 aromatic rings. The summed E-state index contributed by atoms with van der Waals surface area (Å²) in [7, 11) is 0. The number of hydrogen-bond donors (Lipinski definition) is 1. The predicted octanol–water partition coefficient (Wildman–Crippen LogP) is 3.39. The van der Waals surface area contributed by atoms with Crippen LogP contribution in [0.15, 0.2) is 40.6 Å². The number of carbonyl (C=O) groups is 1. The molecule has 0 amide bonds. The van der Waals surface area contributed by atoms with E-state index in [0.29, 0.717) is 5.13 Å². The summed E-state index contributed by atoms with van der Waals surface area (Å²) < 4.78 is 5.86. The van der Waals surface area contributed by atoms with Crippen molar-refractivity contribution in [3.63, 3.8) is 0 Å². The smallest absolute Gasteiger partial charge is 0.343 e. The third-order valence-corrected chi connectivity index (χ3v) is 3.42. The van der Waals surface area contributed by atoms with Gasteiger partial charge in [-0.1, -0.05) is 23.5 Å². The van der Waals surface area contributed by atoms with Gasteiger partial charge in [-0.2, -0.15) is 0 Å². The van der Waals surface area contributed by atoms with Crippen LogP contribution in [0.1, 0.15) is 13.8 Å². The van der Waals surface area contributed by atoms with Gasteiger partial charge in [0.15, 0.2) is 0 Å². The molecule has 0 atom stereocenters. The third-order valence-electron chi connectivity index (χ3n) is 2.47. The number of benzene rings is 1. The zero-order valence-electron chi connectivity index (χ0n) is 11.2. The molecule has 1 aromatic carbocycles. The molecule has 0 saturated carbocycles. The Morgan fingerprint density at radius 2 is 2.25 bits per heavy atom. The maximum atomic E-state index is 11.6. The molecular weight excluding hydrogens is 276 g/mol. The van der Waals surface area contributed by atoms with Gasteiger partial charge in [0.2, 0.25) is 5.13 Å². The van der Waals surface area contributed by atoms with Gasteiger partial charge in [-0.05, 0) is 26.0 Å². The minimum atomic E-state index is -0.600. The number of rotatable bonds is 4. The van der Waals surface area contributed by atoms with Crippen molar-refractivity contribution in [3.8, 4) is 0 Å².